The summed E-state index contributed by atoms with van der Waals surface area (Å²) in [6.45, 7) is 6.61. The molecule has 0 fully saturated rings. The lowest BCUT2D eigenvalue weighted by molar-refractivity contribution is 0.500. The fourth-order valence-corrected chi connectivity index (χ4v) is 1.50. The van der Waals surface area contributed by atoms with Crippen LogP contribution in [0.2, 0.25) is 0 Å². The average Bonchev–Trinajstić information content (AvgIpc) is 2.20. The second-order valence-electron chi connectivity index (χ2n) is 3.77. The Kier molecular flexibility index (Phi) is 5.23. The monoisotopic (exact) mass is 192 g/mol. The highest BCUT2D eigenvalue weighted by Gasteiger charge is 2.03. The summed E-state index contributed by atoms with van der Waals surface area (Å²) >= 11 is 0. The van der Waals surface area contributed by atoms with Crippen molar-refractivity contribution in [3.8, 4) is 0 Å². The molecule has 0 aliphatic heterocycles. The Hall–Kier alpha value is -0.890. The van der Waals surface area contributed by atoms with Crippen LogP contribution in [-0.4, -0.2) is 18.1 Å². The van der Waals surface area contributed by atoms with E-state index in [4.69, 9.17) is 0 Å². The van der Waals surface area contributed by atoms with Crippen LogP contribution in [0, 0.1) is 5.92 Å². The highest BCUT2D eigenvalue weighted by Crippen LogP contribution is 2.08. The van der Waals surface area contributed by atoms with Gasteiger partial charge in [-0.15, -0.1) is 0 Å². The van der Waals surface area contributed by atoms with Crippen LogP contribution < -0.4 is 5.32 Å². The normalized spacial score (nSPS) is 12.7. The summed E-state index contributed by atoms with van der Waals surface area (Å²) in [5.74, 6) is 0.712. The first-order chi connectivity index (χ1) is 6.83. The summed E-state index contributed by atoms with van der Waals surface area (Å²) in [4.78, 5) is 4.33. The second kappa shape index (κ2) is 6.55. The Morgan fingerprint density at radius 1 is 1.43 bits per heavy atom. The molecule has 1 rings (SSSR count). The molecule has 0 saturated heterocycles. The van der Waals surface area contributed by atoms with Crippen molar-refractivity contribution in [2.75, 3.05) is 13.1 Å². The lowest BCUT2D eigenvalue weighted by Crippen LogP contribution is -2.17. The van der Waals surface area contributed by atoms with E-state index in [1.807, 2.05) is 12.3 Å². The summed E-state index contributed by atoms with van der Waals surface area (Å²) in [6, 6.07) is 6.12. The molecule has 0 bridgehead atoms. The third kappa shape index (κ3) is 4.38. The van der Waals surface area contributed by atoms with Gasteiger partial charge in [-0.25, -0.2) is 0 Å². The van der Waals surface area contributed by atoms with Crippen LogP contribution in [0.3, 0.4) is 0 Å². The zero-order valence-corrected chi connectivity index (χ0v) is 9.16. The first kappa shape index (κ1) is 11.2. The van der Waals surface area contributed by atoms with Crippen LogP contribution in [0.5, 0.6) is 0 Å². The van der Waals surface area contributed by atoms with Crippen molar-refractivity contribution in [3.63, 3.8) is 0 Å². The number of hydrogen-bond donors (Lipinski definition) is 1. The molecule has 0 spiro atoms. The summed E-state index contributed by atoms with van der Waals surface area (Å²) in [6.07, 6.45) is 4.18. The Morgan fingerprint density at radius 2 is 2.29 bits per heavy atom. The van der Waals surface area contributed by atoms with E-state index >= 15 is 0 Å². The minimum absolute atomic E-state index is 0.712. The molecule has 78 valence electrons. The smallest absolute Gasteiger partial charge is 0.0406 e. The molecular formula is C12H20N2. The van der Waals surface area contributed by atoms with Gasteiger partial charge in [-0.3, -0.25) is 4.98 Å². The lowest BCUT2D eigenvalue weighted by Gasteiger charge is -2.10. The predicted molar refractivity (Wildman–Crippen MR) is 60.3 cm³/mol. The average molecular weight is 192 g/mol. The number of pyridine rings is 1. The molecule has 1 aromatic rings. The third-order valence-electron chi connectivity index (χ3n) is 2.35. The summed E-state index contributed by atoms with van der Waals surface area (Å²) in [5, 5.41) is 3.34. The van der Waals surface area contributed by atoms with Gasteiger partial charge in [-0.05, 0) is 44.0 Å². The van der Waals surface area contributed by atoms with E-state index in [-0.39, 0.29) is 0 Å². The van der Waals surface area contributed by atoms with Crippen LogP contribution in [0.4, 0.5) is 0 Å². The summed E-state index contributed by atoms with van der Waals surface area (Å²) < 4.78 is 0. The zero-order valence-electron chi connectivity index (χ0n) is 9.16. The van der Waals surface area contributed by atoms with Gasteiger partial charge in [0.2, 0.25) is 0 Å². The largest absolute Gasteiger partial charge is 0.317 e. The number of nitrogens with one attached hydrogen (secondary N) is 1. The lowest BCUT2D eigenvalue weighted by atomic mass is 10.0. The number of aromatic nitrogens is 1. The Balaban J connectivity index is 2.23. The molecule has 0 radical (unpaired) electrons. The van der Waals surface area contributed by atoms with Crippen molar-refractivity contribution in [2.45, 2.75) is 26.7 Å². The molecule has 0 amide bonds. The van der Waals surface area contributed by atoms with Crippen LogP contribution in [0.15, 0.2) is 24.4 Å². The van der Waals surface area contributed by atoms with Crippen molar-refractivity contribution in [2.24, 2.45) is 5.92 Å². The molecule has 1 atom stereocenters. The molecule has 2 nitrogen and oxygen atoms in total. The molecule has 1 heterocycles. The number of hydrogen-bond acceptors (Lipinski definition) is 2. The van der Waals surface area contributed by atoms with Crippen LogP contribution in [-0.2, 0) is 6.42 Å². The van der Waals surface area contributed by atoms with E-state index in [1.54, 1.807) is 0 Å². The first-order valence-electron chi connectivity index (χ1n) is 5.43. The van der Waals surface area contributed by atoms with E-state index in [0.717, 1.165) is 19.5 Å². The van der Waals surface area contributed by atoms with Crippen molar-refractivity contribution in [1.82, 2.24) is 10.3 Å². The van der Waals surface area contributed by atoms with E-state index in [9.17, 15) is 0 Å². The van der Waals surface area contributed by atoms with E-state index in [2.05, 4.69) is 36.3 Å². The van der Waals surface area contributed by atoms with Gasteiger partial charge in [0.1, 0.15) is 0 Å². The van der Waals surface area contributed by atoms with Gasteiger partial charge in [0.15, 0.2) is 0 Å². The Morgan fingerprint density at radius 3 is 2.93 bits per heavy atom. The SMILES string of the molecule is CCNCCC(C)Cc1ccccn1. The topological polar surface area (TPSA) is 24.9 Å². The van der Waals surface area contributed by atoms with Gasteiger partial charge in [0.05, 0.1) is 0 Å². The zero-order chi connectivity index (χ0) is 10.2. The molecule has 0 aliphatic rings. The highest BCUT2D eigenvalue weighted by molar-refractivity contribution is 5.03. The van der Waals surface area contributed by atoms with Gasteiger partial charge in [-0.1, -0.05) is 19.9 Å². The Bertz CT molecular complexity index is 233. The molecule has 1 aromatic heterocycles. The van der Waals surface area contributed by atoms with Crippen molar-refractivity contribution >= 4 is 0 Å². The molecule has 0 aliphatic carbocycles. The molecule has 0 saturated carbocycles. The quantitative estimate of drug-likeness (QED) is 0.699. The molecule has 0 aromatic carbocycles. The third-order valence-corrected chi connectivity index (χ3v) is 2.35. The fourth-order valence-electron chi connectivity index (χ4n) is 1.50. The summed E-state index contributed by atoms with van der Waals surface area (Å²) in [7, 11) is 0. The second-order valence-corrected chi connectivity index (χ2v) is 3.77. The first-order valence-corrected chi connectivity index (χ1v) is 5.43. The van der Waals surface area contributed by atoms with Gasteiger partial charge >= 0.3 is 0 Å². The molecule has 2 heteroatoms. The predicted octanol–water partition coefficient (Wildman–Crippen LogP) is 2.26. The standard InChI is InChI=1S/C12H20N2/c1-3-13-9-7-11(2)10-12-6-4-5-8-14-12/h4-6,8,11,13H,3,7,9-10H2,1-2H3. The fraction of sp³-hybridized carbons (Fsp3) is 0.583. The Labute approximate surface area is 86.8 Å². The van der Waals surface area contributed by atoms with Gasteiger partial charge in [0.25, 0.3) is 0 Å². The minimum atomic E-state index is 0.712. The number of nitrogens with zero attached hydrogens (tertiary/aromatic N) is 1. The van der Waals surface area contributed by atoms with Crippen LogP contribution in [0.1, 0.15) is 26.0 Å². The number of rotatable bonds is 6. The van der Waals surface area contributed by atoms with Crippen molar-refractivity contribution in [3.05, 3.63) is 30.1 Å². The maximum Gasteiger partial charge on any atom is 0.0406 e. The highest BCUT2D eigenvalue weighted by atomic mass is 14.8. The van der Waals surface area contributed by atoms with Gasteiger partial charge in [-0.2, -0.15) is 0 Å². The molecular weight excluding hydrogens is 172 g/mol. The summed E-state index contributed by atoms with van der Waals surface area (Å²) in [5.41, 5.74) is 1.21. The molecule has 1 N–H and O–H groups in total. The van der Waals surface area contributed by atoms with Crippen LogP contribution in [0.25, 0.3) is 0 Å². The van der Waals surface area contributed by atoms with Crippen molar-refractivity contribution in [1.29, 1.82) is 0 Å². The molecule has 1 unspecified atom stereocenters. The molecule has 14 heavy (non-hydrogen) atoms. The maximum absolute atomic E-state index is 4.33. The van der Waals surface area contributed by atoms with Gasteiger partial charge < -0.3 is 5.32 Å². The van der Waals surface area contributed by atoms with Gasteiger partial charge in [0, 0.05) is 11.9 Å². The maximum atomic E-state index is 4.33. The van der Waals surface area contributed by atoms with Crippen LogP contribution >= 0.6 is 0 Å². The van der Waals surface area contributed by atoms with E-state index in [1.165, 1.54) is 12.1 Å². The van der Waals surface area contributed by atoms with Crippen molar-refractivity contribution < 1.29 is 0 Å². The minimum Gasteiger partial charge on any atom is -0.317 e. The van der Waals surface area contributed by atoms with E-state index in [0.29, 0.717) is 5.92 Å². The van der Waals surface area contributed by atoms with E-state index < -0.39 is 0 Å².